The molecule has 0 bridgehead atoms. The Kier molecular flexibility index (Phi) is 4.92. The van der Waals surface area contributed by atoms with Crippen molar-refractivity contribution in [3.8, 4) is 5.75 Å². The highest BCUT2D eigenvalue weighted by Crippen LogP contribution is 2.24. The van der Waals surface area contributed by atoms with Crippen molar-refractivity contribution in [1.82, 2.24) is 5.32 Å². The van der Waals surface area contributed by atoms with E-state index in [9.17, 15) is 19.8 Å². The molecule has 1 rings (SSSR count). The number of phenols is 1. The molecule has 0 saturated carbocycles. The van der Waals surface area contributed by atoms with Gasteiger partial charge in [0.15, 0.2) is 0 Å². The first-order valence-corrected chi connectivity index (χ1v) is 6.15. The zero-order valence-corrected chi connectivity index (χ0v) is 11.1. The van der Waals surface area contributed by atoms with Crippen LogP contribution in [0.1, 0.15) is 25.8 Å². The molecule has 19 heavy (non-hydrogen) atoms. The van der Waals surface area contributed by atoms with Crippen LogP contribution in [0.3, 0.4) is 0 Å². The van der Waals surface area contributed by atoms with E-state index < -0.39 is 11.5 Å². The summed E-state index contributed by atoms with van der Waals surface area (Å²) in [7, 11) is 0. The van der Waals surface area contributed by atoms with Crippen LogP contribution in [0.2, 0.25) is 0 Å². The number of aliphatic carboxylic acids is 1. The van der Waals surface area contributed by atoms with E-state index >= 15 is 0 Å². The van der Waals surface area contributed by atoms with Crippen LogP contribution in [-0.4, -0.2) is 28.1 Å². The van der Waals surface area contributed by atoms with E-state index in [1.165, 1.54) is 0 Å². The van der Waals surface area contributed by atoms with Gasteiger partial charge in [0, 0.05) is 0 Å². The summed E-state index contributed by atoms with van der Waals surface area (Å²) in [5.74, 6) is -1.09. The largest absolute Gasteiger partial charge is 0.508 e. The van der Waals surface area contributed by atoms with Crippen molar-refractivity contribution in [2.24, 2.45) is 5.92 Å². The number of hydrogen-bond acceptors (Lipinski definition) is 3. The number of carboxylic acid groups (broad SMARTS) is 1. The smallest absolute Gasteiger partial charge is 0.329 e. The second kappa shape index (κ2) is 6.22. The second-order valence-electron chi connectivity index (χ2n) is 4.86. The van der Waals surface area contributed by atoms with Crippen LogP contribution in [-0.2, 0) is 16.0 Å². The molecular formula is C14H19NO4. The van der Waals surface area contributed by atoms with Gasteiger partial charge in [-0.3, -0.25) is 4.79 Å². The number of carbonyl (C=O) groups is 2. The molecule has 0 fully saturated rings. The molecule has 104 valence electrons. The van der Waals surface area contributed by atoms with E-state index in [2.05, 4.69) is 5.32 Å². The zero-order valence-electron chi connectivity index (χ0n) is 11.1. The summed E-state index contributed by atoms with van der Waals surface area (Å²) in [6, 6.07) is 6.59. The Morgan fingerprint density at radius 1 is 1.37 bits per heavy atom. The zero-order chi connectivity index (χ0) is 14.5. The lowest BCUT2D eigenvalue weighted by Crippen LogP contribution is -2.55. The molecule has 0 aromatic heterocycles. The fraction of sp³-hybridized carbons (Fsp3) is 0.429. The highest BCUT2D eigenvalue weighted by Gasteiger charge is 2.40. The predicted molar refractivity (Wildman–Crippen MR) is 70.8 cm³/mol. The van der Waals surface area contributed by atoms with Crippen molar-refractivity contribution in [2.75, 3.05) is 0 Å². The van der Waals surface area contributed by atoms with Gasteiger partial charge in [0.05, 0.1) is 0 Å². The molecular weight excluding hydrogens is 246 g/mol. The van der Waals surface area contributed by atoms with E-state index in [0.717, 1.165) is 5.56 Å². The third-order valence-corrected chi connectivity index (χ3v) is 3.43. The summed E-state index contributed by atoms with van der Waals surface area (Å²) in [6.45, 7) is 3.53. The van der Waals surface area contributed by atoms with Crippen LogP contribution in [0.4, 0.5) is 0 Å². The number of nitrogens with one attached hydrogen (secondary N) is 1. The summed E-state index contributed by atoms with van der Waals surface area (Å²) in [5.41, 5.74) is -0.351. The minimum absolute atomic E-state index is 0.170. The van der Waals surface area contributed by atoms with Gasteiger partial charge in [-0.15, -0.1) is 0 Å². The van der Waals surface area contributed by atoms with Crippen molar-refractivity contribution >= 4 is 12.4 Å². The van der Waals surface area contributed by atoms with Gasteiger partial charge in [-0.25, -0.2) is 4.79 Å². The summed E-state index contributed by atoms with van der Waals surface area (Å²) in [5, 5.41) is 21.0. The Balaban J connectivity index is 2.86. The Morgan fingerprint density at radius 3 is 2.37 bits per heavy atom. The highest BCUT2D eigenvalue weighted by molar-refractivity contribution is 5.81. The number of aryl methyl sites for hydroxylation is 1. The number of carboxylic acids is 1. The van der Waals surface area contributed by atoms with Gasteiger partial charge < -0.3 is 15.5 Å². The number of amides is 1. The molecule has 0 saturated heterocycles. The van der Waals surface area contributed by atoms with Gasteiger partial charge in [0.25, 0.3) is 0 Å². The maximum atomic E-state index is 11.5. The Bertz CT molecular complexity index is 441. The lowest BCUT2D eigenvalue weighted by atomic mass is 9.81. The molecule has 0 aliphatic rings. The molecule has 5 heteroatoms. The molecule has 0 radical (unpaired) electrons. The van der Waals surface area contributed by atoms with Gasteiger partial charge in [0.1, 0.15) is 11.3 Å². The number of benzene rings is 1. The fourth-order valence-corrected chi connectivity index (χ4v) is 2.05. The van der Waals surface area contributed by atoms with Crippen molar-refractivity contribution in [3.63, 3.8) is 0 Å². The van der Waals surface area contributed by atoms with Gasteiger partial charge >= 0.3 is 5.97 Å². The minimum Gasteiger partial charge on any atom is -0.508 e. The molecule has 0 aliphatic heterocycles. The van der Waals surface area contributed by atoms with E-state index in [1.807, 2.05) is 0 Å². The van der Waals surface area contributed by atoms with Crippen LogP contribution < -0.4 is 5.32 Å². The lowest BCUT2D eigenvalue weighted by Gasteiger charge is -2.32. The standard InChI is InChI=1S/C14H19NO4/c1-10(2)14(13(18)19,15-9-16)8-7-11-3-5-12(17)6-4-11/h3-6,9-10,17H,7-8H2,1-2H3,(H,15,16)(H,18,19). The van der Waals surface area contributed by atoms with E-state index in [0.29, 0.717) is 19.3 Å². The first-order chi connectivity index (χ1) is 8.92. The average Bonchev–Trinajstić information content (AvgIpc) is 2.35. The predicted octanol–water partition coefficient (Wildman–Crippen LogP) is 1.55. The van der Waals surface area contributed by atoms with Crippen molar-refractivity contribution in [3.05, 3.63) is 29.8 Å². The van der Waals surface area contributed by atoms with Gasteiger partial charge in [0.2, 0.25) is 6.41 Å². The second-order valence-corrected chi connectivity index (χ2v) is 4.86. The van der Waals surface area contributed by atoms with Crippen LogP contribution in [0, 0.1) is 5.92 Å². The normalized spacial score (nSPS) is 13.8. The molecule has 1 amide bonds. The topological polar surface area (TPSA) is 86.6 Å². The van der Waals surface area contributed by atoms with Crippen LogP contribution in [0.5, 0.6) is 5.75 Å². The number of phenolic OH excluding ortho intramolecular Hbond substituents is 1. The first-order valence-electron chi connectivity index (χ1n) is 6.15. The van der Waals surface area contributed by atoms with Crippen molar-refractivity contribution in [1.29, 1.82) is 0 Å². The SMILES string of the molecule is CC(C)C(CCc1ccc(O)cc1)(NC=O)C(=O)O. The Labute approximate surface area is 112 Å². The summed E-state index contributed by atoms with van der Waals surface area (Å²) < 4.78 is 0. The molecule has 1 unspecified atom stereocenters. The summed E-state index contributed by atoms with van der Waals surface area (Å²) >= 11 is 0. The number of aromatic hydroxyl groups is 1. The monoisotopic (exact) mass is 265 g/mol. The molecule has 1 aromatic rings. The first kappa shape index (κ1) is 15.0. The van der Waals surface area contributed by atoms with Gasteiger partial charge in [-0.05, 0) is 36.5 Å². The maximum absolute atomic E-state index is 11.5. The van der Waals surface area contributed by atoms with E-state index in [-0.39, 0.29) is 11.7 Å². The Hall–Kier alpha value is -2.04. The lowest BCUT2D eigenvalue weighted by molar-refractivity contribution is -0.148. The van der Waals surface area contributed by atoms with Crippen LogP contribution in [0.25, 0.3) is 0 Å². The molecule has 5 nitrogen and oxygen atoms in total. The molecule has 1 aromatic carbocycles. The summed E-state index contributed by atoms with van der Waals surface area (Å²) in [6.07, 6.45) is 1.24. The number of carbonyl (C=O) groups excluding carboxylic acids is 1. The number of hydrogen-bond donors (Lipinski definition) is 3. The van der Waals surface area contributed by atoms with Crippen molar-refractivity contribution in [2.45, 2.75) is 32.2 Å². The molecule has 0 heterocycles. The fourth-order valence-electron chi connectivity index (χ4n) is 2.05. The quantitative estimate of drug-likeness (QED) is 0.653. The van der Waals surface area contributed by atoms with Crippen molar-refractivity contribution < 1.29 is 19.8 Å². The minimum atomic E-state index is -1.26. The van der Waals surface area contributed by atoms with Crippen LogP contribution >= 0.6 is 0 Å². The number of rotatable bonds is 7. The Morgan fingerprint density at radius 2 is 1.95 bits per heavy atom. The van der Waals surface area contributed by atoms with Crippen LogP contribution in [0.15, 0.2) is 24.3 Å². The maximum Gasteiger partial charge on any atom is 0.329 e. The van der Waals surface area contributed by atoms with Gasteiger partial charge in [-0.1, -0.05) is 26.0 Å². The van der Waals surface area contributed by atoms with Gasteiger partial charge in [-0.2, -0.15) is 0 Å². The third kappa shape index (κ3) is 3.47. The van der Waals surface area contributed by atoms with E-state index in [4.69, 9.17) is 0 Å². The average molecular weight is 265 g/mol. The molecule has 0 aliphatic carbocycles. The highest BCUT2D eigenvalue weighted by atomic mass is 16.4. The third-order valence-electron chi connectivity index (χ3n) is 3.43. The molecule has 1 atom stereocenters. The molecule has 3 N–H and O–H groups in total. The molecule has 0 spiro atoms. The summed E-state index contributed by atoms with van der Waals surface area (Å²) in [4.78, 5) is 22.1. The van der Waals surface area contributed by atoms with E-state index in [1.54, 1.807) is 38.1 Å².